The molecule has 1 rings (SSSR count). The molecular weight excluding hydrogens is 282 g/mol. The summed E-state index contributed by atoms with van der Waals surface area (Å²) in [6, 6.07) is 7.47. The van der Waals surface area contributed by atoms with Gasteiger partial charge >= 0.3 is 5.97 Å². The molecule has 0 aliphatic heterocycles. The van der Waals surface area contributed by atoms with E-state index >= 15 is 0 Å². The highest BCUT2D eigenvalue weighted by Crippen LogP contribution is 2.11. The van der Waals surface area contributed by atoms with Crippen LogP contribution in [-0.2, 0) is 16.0 Å². The lowest BCUT2D eigenvalue weighted by Gasteiger charge is -2.13. The largest absolute Gasteiger partial charge is 0.480 e. The lowest BCUT2D eigenvalue weighted by atomic mass is 10.0. The number of carboxylic acids is 1. The minimum atomic E-state index is -1.06. The highest BCUT2D eigenvalue weighted by molar-refractivity contribution is 5.98. The van der Waals surface area contributed by atoms with Gasteiger partial charge in [0.1, 0.15) is 6.54 Å². The summed E-state index contributed by atoms with van der Waals surface area (Å²) in [5.74, 6) is -1.50. The van der Waals surface area contributed by atoms with Crippen LogP contribution in [0.2, 0.25) is 0 Å². The number of carbonyl (C=O) groups is 3. The first-order valence-corrected chi connectivity index (χ1v) is 7.52. The van der Waals surface area contributed by atoms with Crippen LogP contribution in [0.4, 0.5) is 0 Å². The zero-order chi connectivity index (χ0) is 16.5. The molecule has 1 amide bonds. The summed E-state index contributed by atoms with van der Waals surface area (Å²) in [5, 5.41) is 8.61. The van der Waals surface area contributed by atoms with E-state index in [4.69, 9.17) is 5.11 Å². The van der Waals surface area contributed by atoms with Crippen LogP contribution in [0.1, 0.15) is 48.5 Å². The number of carbonyl (C=O) groups excluding carboxylic acids is 2. The van der Waals surface area contributed by atoms with Gasteiger partial charge in [0.05, 0.1) is 0 Å². The fourth-order valence-electron chi connectivity index (χ4n) is 2.08. The maximum atomic E-state index is 12.0. The number of benzene rings is 1. The number of likely N-dealkylation sites (N-methyl/N-ethyl adjacent to an activating group) is 1. The quantitative estimate of drug-likeness (QED) is 0.711. The number of rotatable bonds is 9. The Labute approximate surface area is 130 Å². The van der Waals surface area contributed by atoms with Crippen LogP contribution in [0.15, 0.2) is 24.3 Å². The molecule has 120 valence electrons. The first-order chi connectivity index (χ1) is 10.4. The highest BCUT2D eigenvalue weighted by atomic mass is 16.4. The number of hydrogen-bond acceptors (Lipinski definition) is 3. The van der Waals surface area contributed by atoms with Crippen molar-refractivity contribution in [3.8, 4) is 0 Å². The molecule has 1 N–H and O–H groups in total. The molecule has 0 aliphatic rings. The molecule has 0 saturated carbocycles. The smallest absolute Gasteiger partial charge is 0.323 e. The highest BCUT2D eigenvalue weighted by Gasteiger charge is 2.14. The second kappa shape index (κ2) is 8.97. The second-order valence-corrected chi connectivity index (χ2v) is 5.37. The van der Waals surface area contributed by atoms with Crippen molar-refractivity contribution in [3.05, 3.63) is 35.4 Å². The van der Waals surface area contributed by atoms with Crippen molar-refractivity contribution in [1.29, 1.82) is 0 Å². The number of carboxylic acid groups (broad SMARTS) is 1. The van der Waals surface area contributed by atoms with Gasteiger partial charge in [-0.3, -0.25) is 14.4 Å². The molecule has 0 bridgehead atoms. The van der Waals surface area contributed by atoms with E-state index < -0.39 is 5.97 Å². The molecule has 0 fully saturated rings. The SMILES string of the molecule is CCCCc1ccc(C(=O)CCC(=O)N(C)CC(=O)O)cc1. The molecule has 0 aromatic heterocycles. The van der Waals surface area contributed by atoms with Gasteiger partial charge < -0.3 is 10.0 Å². The molecular formula is C17H23NO4. The van der Waals surface area contributed by atoms with Gasteiger partial charge in [0.15, 0.2) is 5.78 Å². The molecule has 5 heteroatoms. The third-order valence-corrected chi connectivity index (χ3v) is 3.46. The van der Waals surface area contributed by atoms with E-state index in [-0.39, 0.29) is 31.1 Å². The Morgan fingerprint density at radius 1 is 1.09 bits per heavy atom. The molecule has 0 radical (unpaired) electrons. The fourth-order valence-corrected chi connectivity index (χ4v) is 2.08. The van der Waals surface area contributed by atoms with E-state index in [0.29, 0.717) is 5.56 Å². The number of amides is 1. The Morgan fingerprint density at radius 2 is 1.73 bits per heavy atom. The normalized spacial score (nSPS) is 10.3. The van der Waals surface area contributed by atoms with Gasteiger partial charge in [-0.25, -0.2) is 0 Å². The Balaban J connectivity index is 2.48. The van der Waals surface area contributed by atoms with Gasteiger partial charge in [0, 0.05) is 25.5 Å². The Kier molecular flexibility index (Phi) is 7.29. The van der Waals surface area contributed by atoms with Crippen LogP contribution < -0.4 is 0 Å². The van der Waals surface area contributed by atoms with E-state index in [0.717, 1.165) is 24.2 Å². The summed E-state index contributed by atoms with van der Waals surface area (Å²) in [7, 11) is 1.42. The van der Waals surface area contributed by atoms with E-state index in [9.17, 15) is 14.4 Å². The van der Waals surface area contributed by atoms with Crippen LogP contribution >= 0.6 is 0 Å². The molecule has 22 heavy (non-hydrogen) atoms. The summed E-state index contributed by atoms with van der Waals surface area (Å²) in [4.78, 5) is 35.4. The lowest BCUT2D eigenvalue weighted by Crippen LogP contribution is -2.32. The Bertz CT molecular complexity index is 522. The van der Waals surface area contributed by atoms with Gasteiger partial charge in [-0.2, -0.15) is 0 Å². The summed E-state index contributed by atoms with van der Waals surface area (Å²) in [6.07, 6.45) is 3.38. The summed E-state index contributed by atoms with van der Waals surface area (Å²) in [6.45, 7) is 1.79. The molecule has 0 heterocycles. The van der Waals surface area contributed by atoms with Gasteiger partial charge in [0.2, 0.25) is 5.91 Å². The van der Waals surface area contributed by atoms with Crippen molar-refractivity contribution in [3.63, 3.8) is 0 Å². The maximum absolute atomic E-state index is 12.0. The predicted molar refractivity (Wildman–Crippen MR) is 83.9 cm³/mol. The molecule has 0 saturated heterocycles. The van der Waals surface area contributed by atoms with Gasteiger partial charge in [-0.05, 0) is 18.4 Å². The fraction of sp³-hybridized carbons (Fsp3) is 0.471. The minimum absolute atomic E-state index is 0.0280. The van der Waals surface area contributed by atoms with E-state index in [1.54, 1.807) is 12.1 Å². The van der Waals surface area contributed by atoms with E-state index in [2.05, 4.69) is 6.92 Å². The van der Waals surface area contributed by atoms with Gasteiger partial charge in [-0.15, -0.1) is 0 Å². The van der Waals surface area contributed by atoms with E-state index in [1.807, 2.05) is 12.1 Å². The van der Waals surface area contributed by atoms with Crippen molar-refractivity contribution in [1.82, 2.24) is 4.90 Å². The van der Waals surface area contributed by atoms with Gasteiger partial charge in [-0.1, -0.05) is 37.6 Å². The predicted octanol–water partition coefficient (Wildman–Crippen LogP) is 2.54. The standard InChI is InChI=1S/C17H23NO4/c1-3-4-5-13-6-8-14(9-7-13)15(19)10-11-16(20)18(2)12-17(21)22/h6-9H,3-5,10-12H2,1-2H3,(H,21,22). The molecule has 0 aliphatic carbocycles. The number of nitrogens with zero attached hydrogens (tertiary/aromatic N) is 1. The topological polar surface area (TPSA) is 74.7 Å². The zero-order valence-electron chi connectivity index (χ0n) is 13.2. The number of aliphatic carboxylic acids is 1. The summed E-state index contributed by atoms with van der Waals surface area (Å²) in [5.41, 5.74) is 1.80. The van der Waals surface area contributed by atoms with Crippen LogP contribution in [0, 0.1) is 0 Å². The molecule has 1 aromatic carbocycles. The van der Waals surface area contributed by atoms with E-state index in [1.165, 1.54) is 12.6 Å². The van der Waals surface area contributed by atoms with Gasteiger partial charge in [0.25, 0.3) is 0 Å². The second-order valence-electron chi connectivity index (χ2n) is 5.37. The van der Waals surface area contributed by atoms with Crippen LogP contribution in [0.3, 0.4) is 0 Å². The number of Topliss-reactive ketones (excluding diaryl/α,β-unsaturated/α-hetero) is 1. The molecule has 1 aromatic rings. The van der Waals surface area contributed by atoms with Crippen LogP contribution in [0.5, 0.6) is 0 Å². The zero-order valence-corrected chi connectivity index (χ0v) is 13.2. The van der Waals surface area contributed by atoms with Crippen molar-refractivity contribution >= 4 is 17.7 Å². The number of aryl methyl sites for hydroxylation is 1. The number of unbranched alkanes of at least 4 members (excludes halogenated alkanes) is 1. The van der Waals surface area contributed by atoms with Crippen molar-refractivity contribution < 1.29 is 19.5 Å². The lowest BCUT2D eigenvalue weighted by molar-refractivity contribution is -0.143. The van der Waals surface area contributed by atoms with Crippen molar-refractivity contribution in [2.45, 2.75) is 39.0 Å². The van der Waals surface area contributed by atoms with Crippen molar-refractivity contribution in [2.75, 3.05) is 13.6 Å². The third-order valence-electron chi connectivity index (χ3n) is 3.46. The monoisotopic (exact) mass is 305 g/mol. The first kappa shape index (κ1) is 17.9. The maximum Gasteiger partial charge on any atom is 0.323 e. The Morgan fingerprint density at radius 3 is 2.27 bits per heavy atom. The third kappa shape index (κ3) is 6.08. The van der Waals surface area contributed by atoms with Crippen molar-refractivity contribution in [2.24, 2.45) is 0 Å². The number of hydrogen-bond donors (Lipinski definition) is 1. The first-order valence-electron chi connectivity index (χ1n) is 7.52. The average molecular weight is 305 g/mol. The molecule has 0 unspecified atom stereocenters. The average Bonchev–Trinajstić information content (AvgIpc) is 2.50. The van der Waals surface area contributed by atoms with Crippen LogP contribution in [-0.4, -0.2) is 41.3 Å². The molecule has 0 atom stereocenters. The summed E-state index contributed by atoms with van der Waals surface area (Å²) >= 11 is 0. The summed E-state index contributed by atoms with van der Waals surface area (Å²) < 4.78 is 0. The molecule has 5 nitrogen and oxygen atoms in total. The minimum Gasteiger partial charge on any atom is -0.480 e. The Hall–Kier alpha value is -2.17. The van der Waals surface area contributed by atoms with Crippen LogP contribution in [0.25, 0.3) is 0 Å². The molecule has 0 spiro atoms. The number of ketones is 1.